The molecule has 2 aliphatic heterocycles. The van der Waals surface area contributed by atoms with E-state index in [1.165, 1.54) is 0 Å². The molecule has 4 aromatic carbocycles. The number of likely N-dealkylation sites (tertiary alicyclic amines) is 2. The summed E-state index contributed by atoms with van der Waals surface area (Å²) in [4.78, 5) is 54.0. The van der Waals surface area contributed by atoms with Crippen LogP contribution in [0.1, 0.15) is 100 Å². The number of nitrogens with zero attached hydrogens (tertiary/aromatic N) is 6. The van der Waals surface area contributed by atoms with Crippen molar-refractivity contribution in [3.05, 3.63) is 144 Å². The molecule has 2 saturated heterocycles. The number of hydrogen-bond donors (Lipinski definition) is 2. The third kappa shape index (κ3) is 8.35. The Hall–Kier alpha value is -6.30. The van der Waals surface area contributed by atoms with E-state index < -0.39 is 0 Å². The van der Waals surface area contributed by atoms with Crippen molar-refractivity contribution in [3.8, 4) is 33.8 Å². The van der Waals surface area contributed by atoms with Crippen molar-refractivity contribution in [1.29, 1.82) is 0 Å². The fourth-order valence-electron chi connectivity index (χ4n) is 9.88. The van der Waals surface area contributed by atoms with Gasteiger partial charge in [-0.15, -0.1) is 0 Å². The van der Waals surface area contributed by atoms with Crippen LogP contribution in [-0.4, -0.2) is 90.6 Å². The standard InChI is InChI=1S/C52H58N8O3/c1-5-57(6-2)47(37-17-11-9-12-18-37)51(61)59-29-15-21-43(59)49-53-33-41(55-49)35-23-25-36(26-24-35)46-32-40-31-39(27-28-45(40)63-46)42-34-54-50(56-42)44-22-16-30-60(44)52(62)48(58(7-3)8-4)38-19-13-10-14-20-38/h9-14,17-20,23-28,31-34,43-44,47-48H,5-8,15-16,21-22,29-30H2,1-4H3,(H,53,55)(H,54,56). The summed E-state index contributed by atoms with van der Waals surface area (Å²) >= 11 is 0. The number of rotatable bonds is 15. The summed E-state index contributed by atoms with van der Waals surface area (Å²) in [6.07, 6.45) is 7.39. The van der Waals surface area contributed by atoms with Gasteiger partial charge in [-0.2, -0.15) is 0 Å². The van der Waals surface area contributed by atoms with Crippen LogP contribution in [0.3, 0.4) is 0 Å². The summed E-state index contributed by atoms with van der Waals surface area (Å²) in [5, 5.41) is 0.995. The number of fused-ring (bicyclic) bond motifs is 1. The summed E-state index contributed by atoms with van der Waals surface area (Å²) in [6, 6.07) is 36.0. The van der Waals surface area contributed by atoms with Gasteiger partial charge >= 0.3 is 0 Å². The van der Waals surface area contributed by atoms with E-state index in [1.807, 2.05) is 64.7 Å². The average Bonchev–Trinajstić information content (AvgIpc) is 4.19. The van der Waals surface area contributed by atoms with Crippen molar-refractivity contribution in [2.45, 2.75) is 77.5 Å². The number of likely N-dealkylation sites (N-methyl/N-ethyl adjacent to an activating group) is 2. The maximum absolute atomic E-state index is 14.3. The van der Waals surface area contributed by atoms with Crippen LogP contribution in [-0.2, 0) is 9.59 Å². The zero-order valence-corrected chi connectivity index (χ0v) is 36.8. The van der Waals surface area contributed by atoms with E-state index in [2.05, 4.69) is 114 Å². The number of hydrogen-bond acceptors (Lipinski definition) is 7. The molecule has 4 unspecified atom stereocenters. The van der Waals surface area contributed by atoms with Gasteiger partial charge in [0.05, 0.1) is 35.9 Å². The van der Waals surface area contributed by atoms with Crippen molar-refractivity contribution in [1.82, 2.24) is 39.5 Å². The van der Waals surface area contributed by atoms with Gasteiger partial charge in [0.1, 0.15) is 35.1 Å². The molecular weight excluding hydrogens is 785 g/mol. The Labute approximate surface area is 370 Å². The number of imidazole rings is 2. The van der Waals surface area contributed by atoms with Crippen LogP contribution < -0.4 is 0 Å². The first-order valence-electron chi connectivity index (χ1n) is 22.8. The lowest BCUT2D eigenvalue weighted by atomic mass is 10.0. The zero-order valence-electron chi connectivity index (χ0n) is 36.8. The van der Waals surface area contributed by atoms with Crippen LogP contribution in [0.15, 0.2) is 126 Å². The summed E-state index contributed by atoms with van der Waals surface area (Å²) < 4.78 is 6.37. The first kappa shape index (κ1) is 42.0. The van der Waals surface area contributed by atoms with Gasteiger partial charge in [-0.05, 0) is 92.8 Å². The Kier molecular flexibility index (Phi) is 12.4. The Bertz CT molecular complexity index is 2630. The molecular formula is C52H58N8O3. The molecule has 324 valence electrons. The Morgan fingerprint density at radius 1 is 0.619 bits per heavy atom. The van der Waals surface area contributed by atoms with Gasteiger partial charge in [-0.1, -0.05) is 113 Å². The first-order chi connectivity index (χ1) is 30.9. The minimum atomic E-state index is -0.327. The number of benzene rings is 4. The number of carbonyl (C=O) groups is 2. The average molecular weight is 843 g/mol. The predicted octanol–water partition coefficient (Wildman–Crippen LogP) is 10.4. The number of nitrogens with one attached hydrogen (secondary N) is 2. The number of amides is 2. The second kappa shape index (κ2) is 18.6. The quantitative estimate of drug-likeness (QED) is 0.106. The monoisotopic (exact) mass is 842 g/mol. The number of furan rings is 1. The second-order valence-corrected chi connectivity index (χ2v) is 16.8. The summed E-state index contributed by atoms with van der Waals surface area (Å²) in [5.41, 5.74) is 7.67. The molecule has 2 fully saturated rings. The van der Waals surface area contributed by atoms with Gasteiger partial charge in [0.15, 0.2) is 0 Å². The highest BCUT2D eigenvalue weighted by Gasteiger charge is 2.39. The molecule has 7 aromatic rings. The van der Waals surface area contributed by atoms with E-state index in [1.54, 1.807) is 0 Å². The molecule has 5 heterocycles. The Morgan fingerprint density at radius 3 is 1.57 bits per heavy atom. The third-order valence-electron chi connectivity index (χ3n) is 13.3. The third-order valence-corrected chi connectivity index (χ3v) is 13.3. The molecule has 2 N–H and O–H groups in total. The van der Waals surface area contributed by atoms with E-state index in [4.69, 9.17) is 14.4 Å². The number of H-pyrrole nitrogens is 2. The fraction of sp³-hybridized carbons (Fsp3) is 0.346. The van der Waals surface area contributed by atoms with Gasteiger partial charge in [0, 0.05) is 29.6 Å². The molecule has 0 saturated carbocycles. The zero-order chi connectivity index (χ0) is 43.5. The van der Waals surface area contributed by atoms with Crippen LogP contribution in [0.2, 0.25) is 0 Å². The molecule has 0 bridgehead atoms. The second-order valence-electron chi connectivity index (χ2n) is 16.8. The van der Waals surface area contributed by atoms with Gasteiger partial charge in [-0.3, -0.25) is 19.4 Å². The lowest BCUT2D eigenvalue weighted by Gasteiger charge is -2.34. The molecule has 0 spiro atoms. The highest BCUT2D eigenvalue weighted by atomic mass is 16.3. The lowest BCUT2D eigenvalue weighted by molar-refractivity contribution is -0.139. The fourth-order valence-corrected chi connectivity index (χ4v) is 9.88. The highest BCUT2D eigenvalue weighted by molar-refractivity contribution is 5.87. The molecule has 0 aliphatic carbocycles. The molecule has 11 nitrogen and oxygen atoms in total. The molecule has 0 radical (unpaired) electrons. The van der Waals surface area contributed by atoms with Crippen molar-refractivity contribution < 1.29 is 14.0 Å². The first-order valence-corrected chi connectivity index (χ1v) is 22.8. The van der Waals surface area contributed by atoms with E-state index in [0.29, 0.717) is 6.54 Å². The van der Waals surface area contributed by atoms with Crippen molar-refractivity contribution in [3.63, 3.8) is 0 Å². The van der Waals surface area contributed by atoms with Gasteiger partial charge < -0.3 is 24.2 Å². The molecule has 9 rings (SSSR count). The molecule has 11 heteroatoms. The molecule has 2 amide bonds. The molecule has 4 atom stereocenters. The normalized spacial score (nSPS) is 17.6. The minimum Gasteiger partial charge on any atom is -0.456 e. The number of aromatic nitrogens is 4. The van der Waals surface area contributed by atoms with E-state index in [9.17, 15) is 9.59 Å². The van der Waals surface area contributed by atoms with Crippen molar-refractivity contribution >= 4 is 22.8 Å². The molecule has 3 aromatic heterocycles. The van der Waals surface area contributed by atoms with E-state index in [0.717, 1.165) is 126 Å². The smallest absolute Gasteiger partial charge is 0.245 e. The number of carbonyl (C=O) groups excluding carboxylic acids is 2. The van der Waals surface area contributed by atoms with Gasteiger partial charge in [0.2, 0.25) is 11.8 Å². The van der Waals surface area contributed by atoms with E-state index in [-0.39, 0.29) is 36.0 Å². The maximum Gasteiger partial charge on any atom is 0.245 e. The summed E-state index contributed by atoms with van der Waals surface area (Å²) in [7, 11) is 0. The van der Waals surface area contributed by atoms with Crippen molar-refractivity contribution in [2.24, 2.45) is 0 Å². The SMILES string of the molecule is CCN(CC)C(C(=O)N1CCCC1c1ncc(-c2ccc(-c3cc4cc(-c5cnc(C6CCCN6C(=O)C(c6ccccc6)N(CC)CC)[nH]5)ccc4o3)cc2)[nH]1)c1ccccc1. The summed E-state index contributed by atoms with van der Waals surface area (Å²) in [5.74, 6) is 2.69. The molecule has 2 aliphatic rings. The Balaban J connectivity index is 0.891. The van der Waals surface area contributed by atoms with Gasteiger partial charge in [0.25, 0.3) is 0 Å². The predicted molar refractivity (Wildman–Crippen MR) is 248 cm³/mol. The largest absolute Gasteiger partial charge is 0.456 e. The van der Waals surface area contributed by atoms with Gasteiger partial charge in [-0.25, -0.2) is 9.97 Å². The Morgan fingerprint density at radius 2 is 1.08 bits per heavy atom. The topological polar surface area (TPSA) is 118 Å². The van der Waals surface area contributed by atoms with Crippen LogP contribution in [0, 0.1) is 0 Å². The van der Waals surface area contributed by atoms with Crippen LogP contribution in [0.25, 0.3) is 44.8 Å². The number of aromatic amines is 2. The van der Waals surface area contributed by atoms with E-state index >= 15 is 0 Å². The lowest BCUT2D eigenvalue weighted by Crippen LogP contribution is -2.43. The minimum absolute atomic E-state index is 0.0991. The van der Waals surface area contributed by atoms with Crippen LogP contribution >= 0.6 is 0 Å². The molecule has 63 heavy (non-hydrogen) atoms. The van der Waals surface area contributed by atoms with Crippen molar-refractivity contribution in [2.75, 3.05) is 39.3 Å². The maximum atomic E-state index is 14.3. The van der Waals surface area contributed by atoms with Crippen LogP contribution in [0.5, 0.6) is 0 Å². The summed E-state index contributed by atoms with van der Waals surface area (Å²) in [6.45, 7) is 13.1. The highest BCUT2D eigenvalue weighted by Crippen LogP contribution is 2.38. The van der Waals surface area contributed by atoms with Crippen LogP contribution in [0.4, 0.5) is 0 Å².